The fourth-order valence-corrected chi connectivity index (χ4v) is 6.60. The van der Waals surface area contributed by atoms with Crippen LogP contribution >= 0.6 is 0 Å². The largest absolute Gasteiger partial charge is 0.310 e. The number of aromatic nitrogens is 2. The maximum absolute atomic E-state index is 10.2. The zero-order valence-electron chi connectivity index (χ0n) is 22.7. The molecule has 0 amide bonds. The molecule has 2 heterocycles. The number of para-hydroxylation sites is 4. The Labute approximate surface area is 242 Å². The highest BCUT2D eigenvalue weighted by atomic mass is 15.0. The molecule has 7 aromatic rings. The Bertz CT molecular complexity index is 2260. The van der Waals surface area contributed by atoms with E-state index >= 15 is 0 Å². The minimum atomic E-state index is -0.289. The summed E-state index contributed by atoms with van der Waals surface area (Å²) in [6, 6.07) is 44.6. The zero-order chi connectivity index (χ0) is 28.2. The van der Waals surface area contributed by atoms with Gasteiger partial charge in [0.05, 0.1) is 45.7 Å². The first-order valence-electron chi connectivity index (χ1n) is 14.1. The first-order chi connectivity index (χ1) is 20.7. The molecule has 0 bridgehead atoms. The molecule has 196 valence electrons. The van der Waals surface area contributed by atoms with Crippen LogP contribution < -0.4 is 0 Å². The molecule has 5 aromatic carbocycles. The van der Waals surface area contributed by atoms with Gasteiger partial charge in [-0.05, 0) is 72.2 Å². The van der Waals surface area contributed by atoms with Crippen molar-refractivity contribution in [2.75, 3.05) is 0 Å². The van der Waals surface area contributed by atoms with Gasteiger partial charge < -0.3 is 9.13 Å². The van der Waals surface area contributed by atoms with Crippen molar-refractivity contribution in [2.24, 2.45) is 5.92 Å². The van der Waals surface area contributed by atoms with E-state index in [1.807, 2.05) is 12.1 Å². The number of fused-ring (bicyclic) bond motifs is 6. The third-order valence-corrected chi connectivity index (χ3v) is 8.39. The molecule has 8 rings (SSSR count). The summed E-state index contributed by atoms with van der Waals surface area (Å²) in [7, 11) is 0. The summed E-state index contributed by atoms with van der Waals surface area (Å²) in [5.74, 6) is -0.289. The lowest BCUT2D eigenvalue weighted by atomic mass is 9.88. The van der Waals surface area contributed by atoms with Crippen molar-refractivity contribution in [3.63, 3.8) is 0 Å². The molecule has 2 aromatic heterocycles. The van der Waals surface area contributed by atoms with Gasteiger partial charge in [0.1, 0.15) is 0 Å². The summed E-state index contributed by atoms with van der Waals surface area (Å²) < 4.78 is 4.50. The Balaban J connectivity index is 1.35. The first kappa shape index (κ1) is 24.0. The van der Waals surface area contributed by atoms with Crippen LogP contribution in [0.1, 0.15) is 17.5 Å². The van der Waals surface area contributed by atoms with E-state index in [0.29, 0.717) is 12.0 Å². The molecule has 0 saturated heterocycles. The molecule has 1 aliphatic rings. The minimum absolute atomic E-state index is 0.289. The summed E-state index contributed by atoms with van der Waals surface area (Å²) in [6.07, 6.45) is 4.85. The molecular formula is C38H24N4. The van der Waals surface area contributed by atoms with Crippen LogP contribution in [-0.2, 0) is 0 Å². The van der Waals surface area contributed by atoms with Crippen molar-refractivity contribution in [2.45, 2.75) is 6.42 Å². The van der Waals surface area contributed by atoms with Crippen LogP contribution in [0.15, 0.2) is 127 Å². The lowest BCUT2D eigenvalue weighted by Gasteiger charge is -2.21. The Morgan fingerprint density at radius 3 is 1.60 bits per heavy atom. The molecule has 0 N–H and O–H groups in total. The lowest BCUT2D eigenvalue weighted by molar-refractivity contribution is 0.847. The molecule has 42 heavy (non-hydrogen) atoms. The molecule has 0 radical (unpaired) electrons. The van der Waals surface area contributed by atoms with Crippen LogP contribution in [0, 0.1) is 28.6 Å². The highest BCUT2D eigenvalue weighted by Crippen LogP contribution is 2.39. The predicted octanol–water partition coefficient (Wildman–Crippen LogP) is 9.23. The van der Waals surface area contributed by atoms with Gasteiger partial charge in [-0.2, -0.15) is 10.5 Å². The number of benzene rings is 5. The average Bonchev–Trinajstić information content (AvgIpc) is 3.57. The molecule has 1 aliphatic carbocycles. The summed E-state index contributed by atoms with van der Waals surface area (Å²) >= 11 is 0. The van der Waals surface area contributed by atoms with E-state index in [2.05, 4.69) is 137 Å². The first-order valence-corrected chi connectivity index (χ1v) is 14.1. The van der Waals surface area contributed by atoms with Crippen LogP contribution in [-0.4, -0.2) is 9.13 Å². The van der Waals surface area contributed by atoms with Crippen molar-refractivity contribution in [1.82, 2.24) is 9.13 Å². The number of nitrogens with zero attached hydrogens (tertiary/aromatic N) is 4. The Morgan fingerprint density at radius 1 is 0.595 bits per heavy atom. The van der Waals surface area contributed by atoms with Gasteiger partial charge in [-0.15, -0.1) is 0 Å². The normalized spacial score (nSPS) is 15.0. The lowest BCUT2D eigenvalue weighted by Crippen LogP contribution is -2.07. The second kappa shape index (κ2) is 9.37. The van der Waals surface area contributed by atoms with Gasteiger partial charge in [-0.25, -0.2) is 0 Å². The Morgan fingerprint density at radius 2 is 1.10 bits per heavy atom. The van der Waals surface area contributed by atoms with Gasteiger partial charge >= 0.3 is 0 Å². The number of hydrogen-bond donors (Lipinski definition) is 0. The molecule has 0 saturated carbocycles. The van der Waals surface area contributed by atoms with Gasteiger partial charge in [0.25, 0.3) is 0 Å². The van der Waals surface area contributed by atoms with E-state index in [-0.39, 0.29) is 5.92 Å². The molecule has 0 aliphatic heterocycles. The van der Waals surface area contributed by atoms with E-state index in [9.17, 15) is 10.5 Å². The quantitative estimate of drug-likeness (QED) is 0.226. The van der Waals surface area contributed by atoms with Gasteiger partial charge in [0.15, 0.2) is 0 Å². The Hall–Kier alpha value is -5.84. The fraction of sp³-hybridized carbons (Fsp3) is 0.0526. The monoisotopic (exact) mass is 536 g/mol. The summed E-state index contributed by atoms with van der Waals surface area (Å²) in [5, 5.41) is 25.0. The smallest absolute Gasteiger partial charge is 0.0992 e. The molecule has 0 spiro atoms. The van der Waals surface area contributed by atoms with Crippen molar-refractivity contribution >= 4 is 54.9 Å². The second-order valence-electron chi connectivity index (χ2n) is 10.8. The van der Waals surface area contributed by atoms with Crippen LogP contribution in [0.5, 0.6) is 0 Å². The highest BCUT2D eigenvalue weighted by Gasteiger charge is 2.22. The van der Waals surface area contributed by atoms with Gasteiger partial charge in [-0.3, -0.25) is 0 Å². The van der Waals surface area contributed by atoms with Gasteiger partial charge in [-0.1, -0.05) is 72.8 Å². The summed E-state index contributed by atoms with van der Waals surface area (Å²) in [4.78, 5) is 0. The van der Waals surface area contributed by atoms with Crippen molar-refractivity contribution in [1.29, 1.82) is 10.5 Å². The molecular weight excluding hydrogens is 512 g/mol. The molecule has 0 fully saturated rings. The molecule has 1 unspecified atom stereocenters. The minimum Gasteiger partial charge on any atom is -0.310 e. The van der Waals surface area contributed by atoms with Crippen molar-refractivity contribution < 1.29 is 0 Å². The van der Waals surface area contributed by atoms with Gasteiger partial charge in [0.2, 0.25) is 0 Å². The third-order valence-electron chi connectivity index (χ3n) is 8.39. The molecule has 1 atom stereocenters. The van der Waals surface area contributed by atoms with E-state index in [1.165, 1.54) is 21.5 Å². The third kappa shape index (κ3) is 3.60. The number of hydrogen-bond acceptors (Lipinski definition) is 2. The van der Waals surface area contributed by atoms with E-state index < -0.39 is 0 Å². The zero-order valence-corrected chi connectivity index (χ0v) is 22.7. The number of allylic oxidation sites excluding steroid dienone is 4. The van der Waals surface area contributed by atoms with E-state index in [4.69, 9.17) is 0 Å². The molecule has 4 heteroatoms. The van der Waals surface area contributed by atoms with Crippen molar-refractivity contribution in [3.8, 4) is 17.8 Å². The van der Waals surface area contributed by atoms with Crippen molar-refractivity contribution in [3.05, 3.63) is 139 Å². The van der Waals surface area contributed by atoms with Crippen LogP contribution in [0.3, 0.4) is 0 Å². The standard InChI is InChI=1S/C38H24N4/c39-23-25-17-27(21-29(19-25)41-35-13-5-1-9-31(35)32-10-2-6-14-36(32)41)28-18-26(24-40)20-30(22-28)42-37-15-7-3-11-33(37)34-12-4-8-16-38(34)42/h1-17,19-22,26H,18H2. The summed E-state index contributed by atoms with van der Waals surface area (Å²) in [6.45, 7) is 0. The highest BCUT2D eigenvalue weighted by molar-refractivity contribution is 6.11. The maximum Gasteiger partial charge on any atom is 0.0992 e. The fourth-order valence-electron chi connectivity index (χ4n) is 6.60. The Kier molecular flexibility index (Phi) is 5.36. The number of rotatable bonds is 3. The van der Waals surface area contributed by atoms with Crippen LogP contribution in [0.4, 0.5) is 0 Å². The summed E-state index contributed by atoms with van der Waals surface area (Å²) in [5.41, 5.74) is 8.90. The second-order valence-corrected chi connectivity index (χ2v) is 10.8. The SMILES string of the molecule is N#Cc1cc(C2=CC(n3c4ccccc4c4ccccc43)=CC(C#N)C2)cc(-n2c3ccccc3c3ccccc32)c1. The van der Waals surface area contributed by atoms with E-state index in [0.717, 1.165) is 44.6 Å². The predicted molar refractivity (Wildman–Crippen MR) is 171 cm³/mol. The van der Waals surface area contributed by atoms with E-state index in [1.54, 1.807) is 0 Å². The topological polar surface area (TPSA) is 57.4 Å². The number of nitriles is 2. The van der Waals surface area contributed by atoms with Gasteiger partial charge in [0, 0.05) is 32.9 Å². The molecule has 4 nitrogen and oxygen atoms in total. The van der Waals surface area contributed by atoms with Crippen LogP contribution in [0.2, 0.25) is 0 Å². The maximum atomic E-state index is 10.2. The average molecular weight is 537 g/mol. The van der Waals surface area contributed by atoms with Crippen LogP contribution in [0.25, 0.3) is 60.6 Å².